The summed E-state index contributed by atoms with van der Waals surface area (Å²) < 4.78 is 19.1. The maximum atomic E-state index is 13.6. The number of benzene rings is 3. The molecule has 0 bridgehead atoms. The van der Waals surface area contributed by atoms with Crippen LogP contribution in [-0.2, 0) is 4.74 Å². The highest BCUT2D eigenvalue weighted by Gasteiger charge is 2.29. The lowest BCUT2D eigenvalue weighted by Crippen LogP contribution is -2.39. The second-order valence-electron chi connectivity index (χ2n) is 7.95. The monoisotopic (exact) mass is 428 g/mol. The van der Waals surface area contributed by atoms with Gasteiger partial charge < -0.3 is 15.0 Å². The Hall–Kier alpha value is -3.93. The predicted molar refractivity (Wildman–Crippen MR) is 120 cm³/mol. The normalized spacial score (nSPS) is 13.4. The average Bonchev–Trinajstić information content (AvgIpc) is 3.36. The first-order valence-electron chi connectivity index (χ1n) is 10.5. The number of Topliss-reactive ketones (excluding diaryl/α,β-unsaturated/α-hetero) is 1. The summed E-state index contributed by atoms with van der Waals surface area (Å²) >= 11 is 0. The number of hydrogen-bond acceptors (Lipinski definition) is 3. The minimum absolute atomic E-state index is 0.0595. The van der Waals surface area contributed by atoms with Crippen LogP contribution in [-0.4, -0.2) is 29.5 Å². The topological polar surface area (TPSA) is 71.2 Å². The second kappa shape index (κ2) is 7.96. The lowest BCUT2D eigenvalue weighted by atomic mass is 9.98. The van der Waals surface area contributed by atoms with E-state index in [-0.39, 0.29) is 18.3 Å². The van der Waals surface area contributed by atoms with Gasteiger partial charge in [-0.2, -0.15) is 0 Å². The van der Waals surface area contributed by atoms with E-state index in [1.54, 1.807) is 13.0 Å². The number of H-pyrrole nitrogens is 1. The molecule has 0 spiro atoms. The van der Waals surface area contributed by atoms with Crippen LogP contribution in [0.1, 0.15) is 34.3 Å². The summed E-state index contributed by atoms with van der Waals surface area (Å²) in [5, 5.41) is 3.08. The SMILES string of the molecule is C[C@@H](NC(=O)OCC1c2ccccc2-c2ccccc21)C(=O)c1c[nH]c2ccc(F)cc12. The van der Waals surface area contributed by atoms with Gasteiger partial charge in [-0.05, 0) is 47.4 Å². The molecule has 3 aromatic carbocycles. The van der Waals surface area contributed by atoms with Crippen LogP contribution >= 0.6 is 0 Å². The molecular weight excluding hydrogens is 407 g/mol. The van der Waals surface area contributed by atoms with E-state index >= 15 is 0 Å². The molecule has 0 radical (unpaired) electrons. The molecule has 0 fully saturated rings. The summed E-state index contributed by atoms with van der Waals surface area (Å²) in [5.41, 5.74) is 5.51. The largest absolute Gasteiger partial charge is 0.449 e. The Labute approximate surface area is 184 Å². The van der Waals surface area contributed by atoms with Gasteiger partial charge in [-0.3, -0.25) is 4.79 Å². The molecule has 0 aliphatic heterocycles. The summed E-state index contributed by atoms with van der Waals surface area (Å²) in [6, 6.07) is 19.5. The van der Waals surface area contributed by atoms with Crippen molar-refractivity contribution in [3.63, 3.8) is 0 Å². The number of rotatable bonds is 5. The highest BCUT2D eigenvalue weighted by Crippen LogP contribution is 2.44. The number of halogens is 1. The van der Waals surface area contributed by atoms with Gasteiger partial charge in [0.1, 0.15) is 12.4 Å². The van der Waals surface area contributed by atoms with Crippen molar-refractivity contribution < 1.29 is 18.7 Å². The van der Waals surface area contributed by atoms with E-state index in [1.165, 1.54) is 18.3 Å². The molecule has 1 amide bonds. The molecule has 5 rings (SSSR count). The molecular formula is C26H21FN2O3. The fourth-order valence-corrected chi connectivity index (χ4v) is 4.41. The minimum Gasteiger partial charge on any atom is -0.449 e. The number of ether oxygens (including phenoxy) is 1. The highest BCUT2D eigenvalue weighted by molar-refractivity contribution is 6.10. The molecule has 32 heavy (non-hydrogen) atoms. The van der Waals surface area contributed by atoms with Crippen molar-refractivity contribution in [3.8, 4) is 11.1 Å². The molecule has 1 aliphatic rings. The lowest BCUT2D eigenvalue weighted by Gasteiger charge is -2.16. The number of aromatic amines is 1. The third kappa shape index (κ3) is 3.43. The first kappa shape index (κ1) is 20.0. The molecule has 5 nitrogen and oxygen atoms in total. The number of hydrogen-bond donors (Lipinski definition) is 2. The Kier molecular flexibility index (Phi) is 4.98. The molecule has 1 aliphatic carbocycles. The molecule has 1 aromatic heterocycles. The number of alkyl carbamates (subject to hydrolysis) is 1. The third-order valence-electron chi connectivity index (χ3n) is 5.98. The summed E-state index contributed by atoms with van der Waals surface area (Å²) in [7, 11) is 0. The molecule has 1 heterocycles. The molecule has 0 unspecified atom stereocenters. The molecule has 0 saturated heterocycles. The zero-order chi connectivity index (χ0) is 22.2. The van der Waals surface area contributed by atoms with Crippen LogP contribution in [0.4, 0.5) is 9.18 Å². The van der Waals surface area contributed by atoms with Gasteiger partial charge in [0, 0.05) is 28.6 Å². The smallest absolute Gasteiger partial charge is 0.407 e. The molecule has 4 aromatic rings. The first-order chi connectivity index (χ1) is 15.5. The van der Waals surface area contributed by atoms with E-state index in [0.29, 0.717) is 16.5 Å². The Morgan fingerprint density at radius 1 is 1.03 bits per heavy atom. The average molecular weight is 428 g/mol. The molecule has 160 valence electrons. The van der Waals surface area contributed by atoms with Gasteiger partial charge >= 0.3 is 6.09 Å². The Bertz CT molecular complexity index is 1300. The van der Waals surface area contributed by atoms with E-state index in [4.69, 9.17) is 4.74 Å². The van der Waals surface area contributed by atoms with Crippen molar-refractivity contribution in [2.24, 2.45) is 0 Å². The highest BCUT2D eigenvalue weighted by atomic mass is 19.1. The Morgan fingerprint density at radius 2 is 1.69 bits per heavy atom. The lowest BCUT2D eigenvalue weighted by molar-refractivity contribution is 0.0931. The van der Waals surface area contributed by atoms with Crippen molar-refractivity contribution in [3.05, 3.63) is 95.4 Å². The van der Waals surface area contributed by atoms with E-state index < -0.39 is 18.0 Å². The van der Waals surface area contributed by atoms with E-state index in [0.717, 1.165) is 22.3 Å². The van der Waals surface area contributed by atoms with E-state index in [1.807, 2.05) is 36.4 Å². The number of amides is 1. The third-order valence-corrected chi connectivity index (χ3v) is 5.98. The van der Waals surface area contributed by atoms with Crippen molar-refractivity contribution in [1.29, 1.82) is 0 Å². The van der Waals surface area contributed by atoms with Crippen molar-refractivity contribution in [1.82, 2.24) is 10.3 Å². The van der Waals surface area contributed by atoms with Gasteiger partial charge in [-0.25, -0.2) is 9.18 Å². The van der Waals surface area contributed by atoms with Crippen LogP contribution in [0.3, 0.4) is 0 Å². The standard InChI is InChI=1S/C26H21FN2O3/c1-15(25(30)22-13-28-24-11-10-16(27)12-21(22)24)29-26(31)32-14-23-19-8-4-2-6-17(19)18-7-3-5-9-20(18)23/h2-13,15,23,28H,14H2,1H3,(H,29,31)/t15-/m1/s1. The first-order valence-corrected chi connectivity index (χ1v) is 10.5. The number of carbonyl (C=O) groups is 2. The maximum absolute atomic E-state index is 13.6. The van der Waals surface area contributed by atoms with Gasteiger partial charge in [0.2, 0.25) is 0 Å². The van der Waals surface area contributed by atoms with Crippen LogP contribution in [0.2, 0.25) is 0 Å². The summed E-state index contributed by atoms with van der Waals surface area (Å²) in [6.07, 6.45) is 0.862. The summed E-state index contributed by atoms with van der Waals surface area (Å²) in [5.74, 6) is -0.811. The number of ketones is 1. The molecule has 2 N–H and O–H groups in total. The van der Waals surface area contributed by atoms with Gasteiger partial charge in [0.25, 0.3) is 0 Å². The predicted octanol–water partition coefficient (Wildman–Crippen LogP) is 5.42. The number of fused-ring (bicyclic) bond motifs is 4. The van der Waals surface area contributed by atoms with Gasteiger partial charge in [-0.1, -0.05) is 48.5 Å². The number of nitrogens with one attached hydrogen (secondary N) is 2. The minimum atomic E-state index is -0.826. The van der Waals surface area contributed by atoms with E-state index in [9.17, 15) is 14.0 Å². The maximum Gasteiger partial charge on any atom is 0.407 e. The zero-order valence-electron chi connectivity index (χ0n) is 17.4. The molecule has 0 saturated carbocycles. The number of aromatic nitrogens is 1. The molecule has 6 heteroatoms. The Balaban J connectivity index is 1.27. The quantitative estimate of drug-likeness (QED) is 0.417. The summed E-state index contributed by atoms with van der Waals surface area (Å²) in [6.45, 7) is 1.75. The van der Waals surface area contributed by atoms with Crippen molar-refractivity contribution >= 4 is 22.8 Å². The van der Waals surface area contributed by atoms with Crippen LogP contribution in [0, 0.1) is 5.82 Å². The van der Waals surface area contributed by atoms with Gasteiger partial charge in [0.05, 0.1) is 6.04 Å². The van der Waals surface area contributed by atoms with Crippen molar-refractivity contribution in [2.75, 3.05) is 6.61 Å². The van der Waals surface area contributed by atoms with Crippen LogP contribution in [0.15, 0.2) is 72.9 Å². The van der Waals surface area contributed by atoms with Crippen LogP contribution in [0.5, 0.6) is 0 Å². The van der Waals surface area contributed by atoms with Gasteiger partial charge in [0.15, 0.2) is 5.78 Å². The van der Waals surface area contributed by atoms with Crippen LogP contribution < -0.4 is 5.32 Å². The van der Waals surface area contributed by atoms with Crippen molar-refractivity contribution in [2.45, 2.75) is 18.9 Å². The fourth-order valence-electron chi connectivity index (χ4n) is 4.41. The Morgan fingerprint density at radius 3 is 2.38 bits per heavy atom. The second-order valence-corrected chi connectivity index (χ2v) is 7.95. The summed E-state index contributed by atoms with van der Waals surface area (Å²) in [4.78, 5) is 28.3. The number of carbonyl (C=O) groups excluding carboxylic acids is 2. The fraction of sp³-hybridized carbons (Fsp3) is 0.154. The van der Waals surface area contributed by atoms with Gasteiger partial charge in [-0.15, -0.1) is 0 Å². The van der Waals surface area contributed by atoms with Crippen LogP contribution in [0.25, 0.3) is 22.0 Å². The molecule has 1 atom stereocenters. The van der Waals surface area contributed by atoms with E-state index in [2.05, 4.69) is 22.4 Å². The zero-order valence-corrected chi connectivity index (χ0v) is 17.4.